The molecule has 2 saturated heterocycles. The largest absolute Gasteiger partial charge is 0.349 e. The molecule has 2 fully saturated rings. The summed E-state index contributed by atoms with van der Waals surface area (Å²) in [6, 6.07) is 0. The number of ether oxygens (including phenoxy) is 2. The van der Waals surface area contributed by atoms with Crippen LogP contribution in [-0.4, -0.2) is 40.3 Å². The van der Waals surface area contributed by atoms with E-state index < -0.39 is 5.79 Å². The van der Waals surface area contributed by atoms with Crippen LogP contribution in [-0.2, 0) is 9.47 Å². The first-order valence-electron chi connectivity index (χ1n) is 10.00. The Labute approximate surface area is 148 Å². The number of hydrogen-bond acceptors (Lipinski definition) is 4. The third-order valence-corrected chi connectivity index (χ3v) is 6.73. The Morgan fingerprint density at radius 2 is 1.50 bits per heavy atom. The molecular weight excluding hydrogens is 302 g/mol. The Morgan fingerprint density at radius 1 is 0.917 bits per heavy atom. The standard InChI is InChI=1S/C20H39NO3/c1-7-11-12-18(8-2)15-23-20(24-16-18)13-17(5,6)21(22)19(9-3,10-4)14-20/h22H,7-16H2,1-6H3. The van der Waals surface area contributed by atoms with Crippen molar-refractivity contribution in [2.75, 3.05) is 13.2 Å². The van der Waals surface area contributed by atoms with Gasteiger partial charge in [-0.1, -0.05) is 40.5 Å². The van der Waals surface area contributed by atoms with E-state index in [0.717, 1.165) is 38.9 Å². The van der Waals surface area contributed by atoms with Crippen LogP contribution in [0.3, 0.4) is 0 Å². The Hall–Kier alpha value is -0.160. The van der Waals surface area contributed by atoms with Crippen molar-refractivity contribution in [3.05, 3.63) is 0 Å². The second-order valence-electron chi connectivity index (χ2n) is 8.85. The van der Waals surface area contributed by atoms with Gasteiger partial charge in [-0.05, 0) is 39.5 Å². The second kappa shape index (κ2) is 7.22. The average Bonchev–Trinajstić information content (AvgIpc) is 2.58. The van der Waals surface area contributed by atoms with E-state index in [-0.39, 0.29) is 16.5 Å². The average molecular weight is 342 g/mol. The van der Waals surface area contributed by atoms with Crippen LogP contribution in [0.2, 0.25) is 0 Å². The number of nitrogens with zero attached hydrogens (tertiary/aromatic N) is 1. The van der Waals surface area contributed by atoms with Crippen LogP contribution in [0.15, 0.2) is 0 Å². The molecule has 0 bridgehead atoms. The van der Waals surface area contributed by atoms with E-state index >= 15 is 0 Å². The summed E-state index contributed by atoms with van der Waals surface area (Å²) in [6.45, 7) is 14.6. The maximum absolute atomic E-state index is 10.8. The summed E-state index contributed by atoms with van der Waals surface area (Å²) in [6.07, 6.45) is 7.99. The molecule has 0 aromatic rings. The van der Waals surface area contributed by atoms with Crippen LogP contribution >= 0.6 is 0 Å². The van der Waals surface area contributed by atoms with Gasteiger partial charge >= 0.3 is 0 Å². The molecule has 2 aliphatic rings. The van der Waals surface area contributed by atoms with E-state index in [1.54, 1.807) is 5.06 Å². The fourth-order valence-electron chi connectivity index (χ4n) is 4.75. The number of piperidine rings is 1. The minimum Gasteiger partial charge on any atom is -0.349 e. The van der Waals surface area contributed by atoms with Gasteiger partial charge in [-0.3, -0.25) is 0 Å². The number of unbranched alkanes of at least 4 members (excludes halogenated alkanes) is 1. The molecule has 2 aliphatic heterocycles. The van der Waals surface area contributed by atoms with Crippen LogP contribution in [0, 0.1) is 5.41 Å². The topological polar surface area (TPSA) is 41.9 Å². The van der Waals surface area contributed by atoms with E-state index in [2.05, 4.69) is 41.5 Å². The predicted octanol–water partition coefficient (Wildman–Crippen LogP) is 5.14. The predicted molar refractivity (Wildman–Crippen MR) is 97.1 cm³/mol. The Morgan fingerprint density at radius 3 is 1.96 bits per heavy atom. The molecule has 0 aromatic heterocycles. The molecule has 0 aliphatic carbocycles. The molecule has 142 valence electrons. The van der Waals surface area contributed by atoms with Crippen molar-refractivity contribution in [3.63, 3.8) is 0 Å². The SMILES string of the molecule is CCCCC1(CC)COC2(CC(C)(C)N(O)C(CC)(CC)C2)OC1. The van der Waals surface area contributed by atoms with Crippen LogP contribution < -0.4 is 0 Å². The number of hydroxylamine groups is 2. The first-order valence-corrected chi connectivity index (χ1v) is 10.00. The lowest BCUT2D eigenvalue weighted by atomic mass is 9.72. The molecule has 2 heterocycles. The van der Waals surface area contributed by atoms with Gasteiger partial charge in [0.15, 0.2) is 5.79 Å². The lowest BCUT2D eigenvalue weighted by Gasteiger charge is -2.60. The quantitative estimate of drug-likeness (QED) is 0.726. The third kappa shape index (κ3) is 3.53. The number of hydrogen-bond donors (Lipinski definition) is 1. The third-order valence-electron chi connectivity index (χ3n) is 6.73. The van der Waals surface area contributed by atoms with Crippen molar-refractivity contribution in [2.45, 2.75) is 110 Å². The first kappa shape index (κ1) is 20.2. The van der Waals surface area contributed by atoms with Crippen molar-refractivity contribution in [1.29, 1.82) is 0 Å². The molecule has 4 nitrogen and oxygen atoms in total. The van der Waals surface area contributed by atoms with Crippen LogP contribution in [0.4, 0.5) is 0 Å². The molecule has 0 unspecified atom stereocenters. The van der Waals surface area contributed by atoms with Crippen LogP contribution in [0.5, 0.6) is 0 Å². The van der Waals surface area contributed by atoms with Crippen molar-refractivity contribution < 1.29 is 14.7 Å². The second-order valence-corrected chi connectivity index (χ2v) is 8.85. The summed E-state index contributed by atoms with van der Waals surface area (Å²) >= 11 is 0. The first-order chi connectivity index (χ1) is 11.2. The molecule has 4 heteroatoms. The zero-order chi connectivity index (χ0) is 18.1. The lowest BCUT2D eigenvalue weighted by molar-refractivity contribution is -0.379. The minimum atomic E-state index is -0.542. The highest BCUT2D eigenvalue weighted by molar-refractivity contribution is 5.05. The van der Waals surface area contributed by atoms with E-state index in [1.165, 1.54) is 19.3 Å². The highest BCUT2D eigenvalue weighted by Gasteiger charge is 2.58. The van der Waals surface area contributed by atoms with Gasteiger partial charge in [0.1, 0.15) is 0 Å². The monoisotopic (exact) mass is 341 g/mol. The molecule has 24 heavy (non-hydrogen) atoms. The van der Waals surface area contributed by atoms with Crippen molar-refractivity contribution in [2.24, 2.45) is 5.41 Å². The summed E-state index contributed by atoms with van der Waals surface area (Å²) in [5, 5.41) is 12.4. The fraction of sp³-hybridized carbons (Fsp3) is 1.00. The summed E-state index contributed by atoms with van der Waals surface area (Å²) in [5.41, 5.74) is -0.444. The van der Waals surface area contributed by atoms with E-state index in [4.69, 9.17) is 9.47 Å². The highest BCUT2D eigenvalue weighted by atomic mass is 16.7. The zero-order valence-corrected chi connectivity index (χ0v) is 16.8. The molecule has 1 spiro atoms. The van der Waals surface area contributed by atoms with Crippen LogP contribution in [0.1, 0.15) is 92.9 Å². The van der Waals surface area contributed by atoms with Gasteiger partial charge in [0.05, 0.1) is 18.8 Å². The molecule has 0 amide bonds. The van der Waals surface area contributed by atoms with E-state index in [0.29, 0.717) is 6.42 Å². The number of rotatable bonds is 6. The van der Waals surface area contributed by atoms with Gasteiger partial charge in [0.25, 0.3) is 0 Å². The van der Waals surface area contributed by atoms with Crippen molar-refractivity contribution in [1.82, 2.24) is 5.06 Å². The molecule has 0 saturated carbocycles. The van der Waals surface area contributed by atoms with Gasteiger partial charge in [-0.15, -0.1) is 0 Å². The fourth-order valence-corrected chi connectivity index (χ4v) is 4.75. The maximum atomic E-state index is 10.8. The van der Waals surface area contributed by atoms with E-state index in [1.807, 2.05) is 0 Å². The van der Waals surface area contributed by atoms with Crippen molar-refractivity contribution >= 4 is 0 Å². The van der Waals surface area contributed by atoms with E-state index in [9.17, 15) is 5.21 Å². The molecule has 2 rings (SSSR count). The molecular formula is C20H39NO3. The Balaban J connectivity index is 2.19. The summed E-state index contributed by atoms with van der Waals surface area (Å²) in [7, 11) is 0. The van der Waals surface area contributed by atoms with Gasteiger partial charge in [-0.2, -0.15) is 5.06 Å². The summed E-state index contributed by atoms with van der Waals surface area (Å²) in [5.74, 6) is -0.542. The smallest absolute Gasteiger partial charge is 0.172 e. The van der Waals surface area contributed by atoms with Gasteiger partial charge in [-0.25, -0.2) is 0 Å². The molecule has 0 aromatic carbocycles. The maximum Gasteiger partial charge on any atom is 0.172 e. The summed E-state index contributed by atoms with van der Waals surface area (Å²) < 4.78 is 13.0. The highest BCUT2D eigenvalue weighted by Crippen LogP contribution is 2.51. The van der Waals surface area contributed by atoms with Gasteiger partial charge in [0, 0.05) is 23.8 Å². The Kier molecular flexibility index (Phi) is 6.06. The molecule has 1 N–H and O–H groups in total. The van der Waals surface area contributed by atoms with Gasteiger partial charge < -0.3 is 14.7 Å². The molecule has 0 atom stereocenters. The van der Waals surface area contributed by atoms with Gasteiger partial charge in [0.2, 0.25) is 0 Å². The minimum absolute atomic E-state index is 0.169. The Bertz CT molecular complexity index is 409. The normalized spacial score (nSPS) is 36.1. The van der Waals surface area contributed by atoms with Crippen molar-refractivity contribution in [3.8, 4) is 0 Å². The lowest BCUT2D eigenvalue weighted by Crippen LogP contribution is -2.68. The summed E-state index contributed by atoms with van der Waals surface area (Å²) in [4.78, 5) is 0. The molecule has 0 radical (unpaired) electrons. The zero-order valence-electron chi connectivity index (χ0n) is 16.8. The van der Waals surface area contributed by atoms with Crippen LogP contribution in [0.25, 0.3) is 0 Å².